The van der Waals surface area contributed by atoms with Crippen LogP contribution >= 0.6 is 11.6 Å². The summed E-state index contributed by atoms with van der Waals surface area (Å²) in [5.74, 6) is -0.553. The maximum Gasteiger partial charge on any atom is 0.269 e. The summed E-state index contributed by atoms with van der Waals surface area (Å²) in [6, 6.07) is 11.0. The number of benzene rings is 2. The van der Waals surface area contributed by atoms with Gasteiger partial charge in [0.05, 0.1) is 17.1 Å². The van der Waals surface area contributed by atoms with Crippen molar-refractivity contribution in [2.45, 2.75) is 25.3 Å². The lowest BCUT2D eigenvalue weighted by atomic mass is 10.1. The normalized spacial score (nSPS) is 15.1. The molecule has 0 bridgehead atoms. The Hall–Kier alpha value is -2.38. The predicted octanol–water partition coefficient (Wildman–Crippen LogP) is 3.07. The fraction of sp³-hybridized carbons (Fsp3) is 0.263. The Morgan fingerprint density at radius 1 is 1.19 bits per heavy atom. The molecule has 6 nitrogen and oxygen atoms in total. The van der Waals surface area contributed by atoms with Crippen molar-refractivity contribution in [1.82, 2.24) is 9.62 Å². The molecule has 0 aliphatic carbocycles. The van der Waals surface area contributed by atoms with Crippen LogP contribution in [0.5, 0.6) is 0 Å². The molecule has 27 heavy (non-hydrogen) atoms. The number of hydrogen-bond donors (Lipinski definition) is 1. The van der Waals surface area contributed by atoms with Gasteiger partial charge in [0.25, 0.3) is 21.8 Å². The smallest absolute Gasteiger partial charge is 0.269 e. The van der Waals surface area contributed by atoms with E-state index in [-0.39, 0.29) is 27.9 Å². The van der Waals surface area contributed by atoms with E-state index in [0.717, 1.165) is 4.31 Å². The molecule has 0 unspecified atom stereocenters. The second-order valence-electron chi connectivity index (χ2n) is 6.74. The second-order valence-corrected chi connectivity index (χ2v) is 8.94. The maximum absolute atomic E-state index is 12.8. The van der Waals surface area contributed by atoms with E-state index in [2.05, 4.69) is 5.32 Å². The van der Waals surface area contributed by atoms with Crippen molar-refractivity contribution in [3.05, 3.63) is 64.2 Å². The van der Waals surface area contributed by atoms with E-state index in [1.54, 1.807) is 24.3 Å². The minimum absolute atomic E-state index is 0.0187. The quantitative estimate of drug-likeness (QED) is 0.827. The summed E-state index contributed by atoms with van der Waals surface area (Å²) >= 11 is 6.00. The van der Waals surface area contributed by atoms with Gasteiger partial charge in [0.15, 0.2) is 0 Å². The molecule has 2 aromatic carbocycles. The number of nitrogens with one attached hydrogen (secondary N) is 1. The summed E-state index contributed by atoms with van der Waals surface area (Å²) in [5.41, 5.74) is 1.01. The number of carbonyl (C=O) groups excluding carboxylic acids is 2. The van der Waals surface area contributed by atoms with Crippen LogP contribution in [-0.2, 0) is 16.6 Å². The molecule has 1 heterocycles. The number of nitrogens with zero attached hydrogens (tertiary/aromatic N) is 1. The van der Waals surface area contributed by atoms with Crippen molar-refractivity contribution in [2.75, 3.05) is 6.54 Å². The molecule has 0 spiro atoms. The van der Waals surface area contributed by atoms with Crippen molar-refractivity contribution in [1.29, 1.82) is 0 Å². The second kappa shape index (κ2) is 7.32. The van der Waals surface area contributed by atoms with E-state index >= 15 is 0 Å². The zero-order valence-electron chi connectivity index (χ0n) is 14.9. The molecule has 3 rings (SSSR count). The standard InChI is InChI=1S/C19H19ClN2O4S/c1-12(2)10-21-18(23)14-6-3-5-13(9-14)11-22-19(24)15-7-4-8-16(20)17(15)27(22,25)26/h3-9,12H,10-11H2,1-2H3,(H,21,23). The molecule has 1 aliphatic rings. The summed E-state index contributed by atoms with van der Waals surface area (Å²) in [5, 5.41) is 2.83. The summed E-state index contributed by atoms with van der Waals surface area (Å²) in [6.45, 7) is 4.35. The summed E-state index contributed by atoms with van der Waals surface area (Å²) in [4.78, 5) is 24.6. The fourth-order valence-electron chi connectivity index (χ4n) is 2.83. The van der Waals surface area contributed by atoms with Gasteiger partial charge in [0.2, 0.25) is 0 Å². The van der Waals surface area contributed by atoms with Gasteiger partial charge in [0, 0.05) is 12.1 Å². The van der Waals surface area contributed by atoms with Crippen LogP contribution in [0.2, 0.25) is 5.02 Å². The summed E-state index contributed by atoms with van der Waals surface area (Å²) < 4.78 is 26.3. The first-order valence-corrected chi connectivity index (χ1v) is 10.3. The Balaban J connectivity index is 1.87. The van der Waals surface area contributed by atoms with E-state index in [1.165, 1.54) is 18.2 Å². The highest BCUT2D eigenvalue weighted by atomic mass is 35.5. The first-order valence-electron chi connectivity index (χ1n) is 8.44. The van der Waals surface area contributed by atoms with Gasteiger partial charge in [0.1, 0.15) is 4.90 Å². The fourth-order valence-corrected chi connectivity index (χ4v) is 4.90. The first-order chi connectivity index (χ1) is 12.7. The number of hydrogen-bond acceptors (Lipinski definition) is 4. The number of halogens is 1. The number of sulfonamides is 1. The van der Waals surface area contributed by atoms with Gasteiger partial charge in [-0.1, -0.05) is 43.6 Å². The topological polar surface area (TPSA) is 83.6 Å². The molecule has 0 atom stereocenters. The predicted molar refractivity (Wildman–Crippen MR) is 102 cm³/mol. The number of carbonyl (C=O) groups is 2. The minimum atomic E-state index is -4.03. The minimum Gasteiger partial charge on any atom is -0.352 e. The largest absolute Gasteiger partial charge is 0.352 e. The van der Waals surface area contributed by atoms with Crippen LogP contribution in [0.15, 0.2) is 47.4 Å². The van der Waals surface area contributed by atoms with E-state index in [9.17, 15) is 18.0 Å². The number of amides is 2. The van der Waals surface area contributed by atoms with Gasteiger partial charge in [-0.3, -0.25) is 9.59 Å². The maximum atomic E-state index is 12.8. The van der Waals surface area contributed by atoms with Crippen LogP contribution in [0.3, 0.4) is 0 Å². The SMILES string of the molecule is CC(C)CNC(=O)c1cccc(CN2C(=O)c3cccc(Cl)c3S2(=O)=O)c1. The van der Waals surface area contributed by atoms with Crippen molar-refractivity contribution in [3.63, 3.8) is 0 Å². The van der Waals surface area contributed by atoms with Crippen molar-refractivity contribution < 1.29 is 18.0 Å². The molecule has 0 saturated carbocycles. The molecular weight excluding hydrogens is 388 g/mol. The molecule has 0 aromatic heterocycles. The number of rotatable bonds is 5. The lowest BCUT2D eigenvalue weighted by molar-refractivity contribution is 0.0864. The Morgan fingerprint density at radius 3 is 2.56 bits per heavy atom. The third kappa shape index (κ3) is 3.70. The van der Waals surface area contributed by atoms with Crippen molar-refractivity contribution in [2.24, 2.45) is 5.92 Å². The molecule has 0 fully saturated rings. The molecule has 2 amide bonds. The average Bonchev–Trinajstić information content (AvgIpc) is 2.81. The van der Waals surface area contributed by atoms with Crippen LogP contribution in [0.25, 0.3) is 0 Å². The third-order valence-corrected chi connectivity index (χ3v) is 6.42. The molecule has 1 aliphatic heterocycles. The lowest BCUT2D eigenvalue weighted by Gasteiger charge is -2.16. The van der Waals surface area contributed by atoms with Gasteiger partial charge >= 0.3 is 0 Å². The van der Waals surface area contributed by atoms with Crippen molar-refractivity contribution in [3.8, 4) is 0 Å². The number of fused-ring (bicyclic) bond motifs is 1. The van der Waals surface area contributed by atoms with Crippen LogP contribution in [0, 0.1) is 5.92 Å². The summed E-state index contributed by atoms with van der Waals surface area (Å²) in [7, 11) is -4.03. The van der Waals surface area contributed by atoms with Crippen LogP contribution < -0.4 is 5.32 Å². The zero-order chi connectivity index (χ0) is 19.8. The van der Waals surface area contributed by atoms with E-state index in [4.69, 9.17) is 11.6 Å². The molecule has 2 aromatic rings. The third-order valence-electron chi connectivity index (χ3n) is 4.16. The zero-order valence-corrected chi connectivity index (χ0v) is 16.5. The molecular formula is C19H19ClN2O4S. The Bertz CT molecular complexity index is 1020. The monoisotopic (exact) mass is 406 g/mol. The van der Waals surface area contributed by atoms with E-state index in [0.29, 0.717) is 23.6 Å². The van der Waals surface area contributed by atoms with E-state index < -0.39 is 15.9 Å². The molecule has 142 valence electrons. The van der Waals surface area contributed by atoms with Crippen LogP contribution in [0.4, 0.5) is 0 Å². The van der Waals surface area contributed by atoms with E-state index in [1.807, 2.05) is 13.8 Å². The van der Waals surface area contributed by atoms with Crippen LogP contribution in [-0.4, -0.2) is 31.1 Å². The summed E-state index contributed by atoms with van der Waals surface area (Å²) in [6.07, 6.45) is 0. The Morgan fingerprint density at radius 2 is 1.89 bits per heavy atom. The molecule has 1 N–H and O–H groups in total. The van der Waals surface area contributed by atoms with Crippen LogP contribution in [0.1, 0.15) is 40.1 Å². The van der Waals surface area contributed by atoms with Gasteiger partial charge in [-0.15, -0.1) is 0 Å². The van der Waals surface area contributed by atoms with Crippen molar-refractivity contribution >= 4 is 33.4 Å². The molecule has 0 radical (unpaired) electrons. The Kier molecular flexibility index (Phi) is 5.26. The van der Waals surface area contributed by atoms with Gasteiger partial charge in [-0.2, -0.15) is 0 Å². The van der Waals surface area contributed by atoms with Gasteiger partial charge in [-0.05, 0) is 35.7 Å². The first kappa shape index (κ1) is 19.4. The highest BCUT2D eigenvalue weighted by Crippen LogP contribution is 2.36. The Labute approximate surface area is 163 Å². The lowest BCUT2D eigenvalue weighted by Crippen LogP contribution is -2.30. The highest BCUT2D eigenvalue weighted by molar-refractivity contribution is 7.90. The average molecular weight is 407 g/mol. The van der Waals surface area contributed by atoms with Gasteiger partial charge in [-0.25, -0.2) is 12.7 Å². The van der Waals surface area contributed by atoms with Gasteiger partial charge < -0.3 is 5.32 Å². The highest BCUT2D eigenvalue weighted by Gasteiger charge is 2.42. The molecule has 0 saturated heterocycles. The molecule has 8 heteroatoms.